The van der Waals surface area contributed by atoms with E-state index in [0.717, 1.165) is 37.0 Å². The maximum absolute atomic E-state index is 13.0. The van der Waals surface area contributed by atoms with E-state index in [0.29, 0.717) is 41.6 Å². The molecular formula is C24H33N3O2. The van der Waals surface area contributed by atoms with Gasteiger partial charge in [0.05, 0.1) is 23.9 Å². The molecule has 5 nitrogen and oxygen atoms in total. The fourth-order valence-electron chi connectivity index (χ4n) is 7.94. The highest BCUT2D eigenvalue weighted by Crippen LogP contribution is 2.63. The number of rotatable bonds is 3. The molecule has 5 rings (SSSR count). The van der Waals surface area contributed by atoms with E-state index in [9.17, 15) is 9.90 Å². The molecule has 4 saturated carbocycles. The van der Waals surface area contributed by atoms with Crippen LogP contribution in [0.2, 0.25) is 0 Å². The fraction of sp³-hybridized carbons (Fsp3) is 0.792. The first kappa shape index (κ1) is 19.3. The minimum atomic E-state index is -0.456. The van der Waals surface area contributed by atoms with Crippen molar-refractivity contribution in [1.29, 1.82) is 5.26 Å². The molecule has 9 atom stereocenters. The largest absolute Gasteiger partial charge is 0.390 e. The molecule has 4 fully saturated rings. The molecule has 5 heteroatoms. The molecule has 1 N–H and O–H groups in total. The van der Waals surface area contributed by atoms with Gasteiger partial charge in [0.15, 0.2) is 5.78 Å². The van der Waals surface area contributed by atoms with Gasteiger partial charge < -0.3 is 5.11 Å². The van der Waals surface area contributed by atoms with Gasteiger partial charge in [-0.25, -0.2) is 0 Å². The number of hydrogen-bond donors (Lipinski definition) is 1. The summed E-state index contributed by atoms with van der Waals surface area (Å²) in [5.41, 5.74) is 0.0595. The number of hydrogen-bond acceptors (Lipinski definition) is 4. The summed E-state index contributed by atoms with van der Waals surface area (Å²) in [4.78, 5) is 13.0. The van der Waals surface area contributed by atoms with Crippen molar-refractivity contribution in [3.8, 4) is 6.07 Å². The molecule has 0 spiro atoms. The van der Waals surface area contributed by atoms with E-state index >= 15 is 0 Å². The number of aliphatic hydroxyl groups is 1. The van der Waals surface area contributed by atoms with Crippen molar-refractivity contribution in [3.63, 3.8) is 0 Å². The van der Waals surface area contributed by atoms with Crippen LogP contribution in [0.1, 0.15) is 64.4 Å². The summed E-state index contributed by atoms with van der Waals surface area (Å²) in [6, 6.07) is 2.08. The number of carbonyl (C=O) groups excluding carboxylic acids is 1. The third kappa shape index (κ3) is 3.24. The fourth-order valence-corrected chi connectivity index (χ4v) is 7.94. The van der Waals surface area contributed by atoms with E-state index in [1.165, 1.54) is 31.9 Å². The number of fused-ring (bicyclic) bond motifs is 5. The van der Waals surface area contributed by atoms with Gasteiger partial charge in [0, 0.05) is 12.1 Å². The number of ketones is 1. The van der Waals surface area contributed by atoms with Crippen molar-refractivity contribution in [2.24, 2.45) is 47.3 Å². The lowest BCUT2D eigenvalue weighted by molar-refractivity contribution is -0.159. The van der Waals surface area contributed by atoms with Crippen molar-refractivity contribution in [1.82, 2.24) is 9.78 Å². The van der Waals surface area contributed by atoms with Crippen LogP contribution in [0, 0.1) is 58.7 Å². The highest BCUT2D eigenvalue weighted by Gasteiger charge is 2.58. The zero-order valence-corrected chi connectivity index (χ0v) is 17.6. The quantitative estimate of drug-likeness (QED) is 0.844. The van der Waals surface area contributed by atoms with Crippen molar-refractivity contribution in [3.05, 3.63) is 18.0 Å². The molecule has 0 unspecified atom stereocenters. The minimum absolute atomic E-state index is 0.176. The molecule has 29 heavy (non-hydrogen) atoms. The number of nitrogens with zero attached hydrogens (tertiary/aromatic N) is 3. The van der Waals surface area contributed by atoms with Crippen LogP contribution in [0.15, 0.2) is 12.4 Å². The number of carbonyl (C=O) groups is 1. The van der Waals surface area contributed by atoms with Gasteiger partial charge in [-0.05, 0) is 93.3 Å². The molecule has 0 aromatic carbocycles. The molecule has 0 radical (unpaired) electrons. The van der Waals surface area contributed by atoms with E-state index in [1.54, 1.807) is 10.9 Å². The maximum Gasteiger partial charge on any atom is 0.157 e. The Morgan fingerprint density at radius 2 is 2.10 bits per heavy atom. The number of Topliss-reactive ketones (excluding diaryl/α,β-unsaturated/α-hetero) is 1. The third-order valence-electron chi connectivity index (χ3n) is 9.12. The van der Waals surface area contributed by atoms with Crippen LogP contribution < -0.4 is 0 Å². The normalized spacial score (nSPS) is 45.9. The summed E-state index contributed by atoms with van der Waals surface area (Å²) in [6.07, 6.45) is 11.2. The monoisotopic (exact) mass is 395 g/mol. The second-order valence-electron chi connectivity index (χ2n) is 10.9. The van der Waals surface area contributed by atoms with Crippen molar-refractivity contribution in [2.75, 3.05) is 0 Å². The SMILES string of the molecule is C[C@@H]1C[C@H]2[C@@H](CC[C@@H]3C[C@](C)(O)CC[C@@H]32)[C@@H]2C[C@@H](C(=O)Cn3cc(C#N)cn3)[C@H]21. The molecular weight excluding hydrogens is 362 g/mol. The summed E-state index contributed by atoms with van der Waals surface area (Å²) in [7, 11) is 0. The highest BCUT2D eigenvalue weighted by atomic mass is 16.3. The van der Waals surface area contributed by atoms with Crippen LogP contribution in [0.5, 0.6) is 0 Å². The van der Waals surface area contributed by atoms with Crippen LogP contribution in [0.4, 0.5) is 0 Å². The van der Waals surface area contributed by atoms with Crippen LogP contribution in [0.25, 0.3) is 0 Å². The average molecular weight is 396 g/mol. The summed E-state index contributed by atoms with van der Waals surface area (Å²) in [5, 5.41) is 23.7. The van der Waals surface area contributed by atoms with E-state index in [1.807, 2.05) is 6.92 Å². The third-order valence-corrected chi connectivity index (χ3v) is 9.12. The van der Waals surface area contributed by atoms with Crippen molar-refractivity contribution < 1.29 is 9.90 Å². The van der Waals surface area contributed by atoms with Gasteiger partial charge in [-0.15, -0.1) is 0 Å². The van der Waals surface area contributed by atoms with Gasteiger partial charge in [0.1, 0.15) is 6.07 Å². The highest BCUT2D eigenvalue weighted by molar-refractivity contribution is 5.82. The molecule has 156 valence electrons. The first-order valence-corrected chi connectivity index (χ1v) is 11.5. The lowest BCUT2D eigenvalue weighted by atomic mass is 9.43. The van der Waals surface area contributed by atoms with Crippen LogP contribution in [0.3, 0.4) is 0 Å². The standard InChI is InChI=1S/C24H33N3O2/c1-14-7-19-17-5-6-24(2,29)9-16(17)3-4-18(19)20-8-21(23(14)20)22(28)13-27-12-15(10-25)11-26-27/h11-12,14,16-21,23,29H,3-9,13H2,1-2H3/t14-,16-,17+,18-,19-,20+,21+,23+,24-/m1/s1. The molecule has 0 aliphatic heterocycles. The van der Waals surface area contributed by atoms with Crippen LogP contribution in [-0.4, -0.2) is 26.3 Å². The average Bonchev–Trinajstić information content (AvgIpc) is 3.08. The summed E-state index contributed by atoms with van der Waals surface area (Å²) < 4.78 is 1.63. The van der Waals surface area contributed by atoms with Gasteiger partial charge in [0.2, 0.25) is 0 Å². The second kappa shape index (κ2) is 6.94. The Kier molecular flexibility index (Phi) is 4.62. The van der Waals surface area contributed by atoms with Gasteiger partial charge in [-0.3, -0.25) is 9.48 Å². The van der Waals surface area contributed by atoms with E-state index in [4.69, 9.17) is 5.26 Å². The zero-order chi connectivity index (χ0) is 20.3. The zero-order valence-electron chi connectivity index (χ0n) is 17.6. The second-order valence-corrected chi connectivity index (χ2v) is 10.9. The Labute approximate surface area is 173 Å². The molecule has 1 aromatic heterocycles. The summed E-state index contributed by atoms with van der Waals surface area (Å²) in [5.74, 6) is 5.43. The van der Waals surface area contributed by atoms with Gasteiger partial charge >= 0.3 is 0 Å². The van der Waals surface area contributed by atoms with E-state index in [-0.39, 0.29) is 5.92 Å². The Morgan fingerprint density at radius 3 is 2.86 bits per heavy atom. The maximum atomic E-state index is 13.0. The molecule has 0 amide bonds. The Bertz CT molecular complexity index is 837. The molecule has 0 saturated heterocycles. The molecule has 4 aliphatic rings. The van der Waals surface area contributed by atoms with Gasteiger partial charge in [-0.1, -0.05) is 6.92 Å². The lowest BCUT2D eigenvalue weighted by Crippen LogP contribution is -2.57. The lowest BCUT2D eigenvalue weighted by Gasteiger charge is -2.62. The van der Waals surface area contributed by atoms with Crippen molar-refractivity contribution in [2.45, 2.75) is 70.9 Å². The van der Waals surface area contributed by atoms with Gasteiger partial charge in [-0.2, -0.15) is 10.4 Å². The molecule has 1 heterocycles. The number of aromatic nitrogens is 2. The molecule has 0 bridgehead atoms. The topological polar surface area (TPSA) is 78.9 Å². The first-order chi connectivity index (χ1) is 13.9. The summed E-state index contributed by atoms with van der Waals surface area (Å²) in [6.45, 7) is 4.70. The molecule has 4 aliphatic carbocycles. The summed E-state index contributed by atoms with van der Waals surface area (Å²) >= 11 is 0. The first-order valence-electron chi connectivity index (χ1n) is 11.5. The van der Waals surface area contributed by atoms with E-state index < -0.39 is 5.60 Å². The minimum Gasteiger partial charge on any atom is -0.390 e. The van der Waals surface area contributed by atoms with Crippen LogP contribution >= 0.6 is 0 Å². The Morgan fingerprint density at radius 1 is 1.28 bits per heavy atom. The predicted octanol–water partition coefficient (Wildman–Crippen LogP) is 3.81. The Hall–Kier alpha value is -1.67. The number of nitriles is 1. The Balaban J connectivity index is 1.26. The molecule has 1 aromatic rings. The predicted molar refractivity (Wildman–Crippen MR) is 108 cm³/mol. The van der Waals surface area contributed by atoms with Crippen LogP contribution in [-0.2, 0) is 11.3 Å². The van der Waals surface area contributed by atoms with Gasteiger partial charge in [0.25, 0.3) is 0 Å². The smallest absolute Gasteiger partial charge is 0.157 e. The van der Waals surface area contributed by atoms with E-state index in [2.05, 4.69) is 18.1 Å². The van der Waals surface area contributed by atoms with Crippen molar-refractivity contribution >= 4 is 5.78 Å².